The van der Waals surface area contributed by atoms with Crippen LogP contribution in [-0.4, -0.2) is 18.7 Å². The van der Waals surface area contributed by atoms with Gasteiger partial charge >= 0.3 is 0 Å². The quantitative estimate of drug-likeness (QED) is 0.563. The molecule has 0 radical (unpaired) electrons. The Morgan fingerprint density at radius 2 is 1.54 bits per heavy atom. The third kappa shape index (κ3) is 2.48. The highest BCUT2D eigenvalue weighted by atomic mass is 16.5. The van der Waals surface area contributed by atoms with Gasteiger partial charge < -0.3 is 4.74 Å². The number of ketones is 2. The van der Waals surface area contributed by atoms with E-state index in [1.54, 1.807) is 7.11 Å². The average Bonchev–Trinajstić information content (AvgIpc) is 2.76. The lowest BCUT2D eigenvalue weighted by Gasteiger charge is -2.40. The molecule has 0 saturated heterocycles. The van der Waals surface area contributed by atoms with Crippen LogP contribution in [0.15, 0.2) is 42.0 Å². The van der Waals surface area contributed by atoms with E-state index in [-0.39, 0.29) is 22.9 Å². The second-order valence-electron chi connectivity index (χ2n) is 9.39. The zero-order valence-corrected chi connectivity index (χ0v) is 16.8. The van der Waals surface area contributed by atoms with Crippen molar-refractivity contribution in [1.82, 2.24) is 0 Å². The van der Waals surface area contributed by atoms with Gasteiger partial charge in [0.15, 0.2) is 11.6 Å². The van der Waals surface area contributed by atoms with Crippen molar-refractivity contribution in [3.63, 3.8) is 0 Å². The molecule has 0 N–H and O–H groups in total. The molecule has 26 heavy (non-hydrogen) atoms. The van der Waals surface area contributed by atoms with Gasteiger partial charge in [-0.25, -0.2) is 0 Å². The first-order chi connectivity index (χ1) is 11.9. The Hall–Kier alpha value is -2.16. The molecule has 1 aromatic carbocycles. The Bertz CT molecular complexity index is 826. The third-order valence-electron chi connectivity index (χ3n) is 5.76. The lowest BCUT2D eigenvalue weighted by molar-refractivity contribution is -0.141. The SMILES string of the molecule is COc1ccc(C2=CC3C(=O)C(C(C)(C)C)(C=C3C(C)(C)C)C2=O)cc1. The number of methoxy groups -OCH3 is 1. The molecule has 3 heteroatoms. The first-order valence-corrected chi connectivity index (χ1v) is 9.12. The Labute approximate surface area is 156 Å². The number of benzene rings is 1. The van der Waals surface area contributed by atoms with E-state index in [1.165, 1.54) is 0 Å². The molecule has 0 heterocycles. The zero-order chi connectivity index (χ0) is 19.5. The van der Waals surface area contributed by atoms with Gasteiger partial charge in [-0.05, 0) is 28.5 Å². The zero-order valence-electron chi connectivity index (χ0n) is 16.8. The van der Waals surface area contributed by atoms with Crippen LogP contribution in [0.2, 0.25) is 0 Å². The van der Waals surface area contributed by atoms with Gasteiger partial charge in [0, 0.05) is 5.57 Å². The number of rotatable bonds is 2. The van der Waals surface area contributed by atoms with Crippen LogP contribution < -0.4 is 4.74 Å². The van der Waals surface area contributed by atoms with Crippen molar-refractivity contribution in [2.45, 2.75) is 41.5 Å². The van der Waals surface area contributed by atoms with Crippen LogP contribution in [-0.2, 0) is 9.59 Å². The summed E-state index contributed by atoms with van der Waals surface area (Å²) < 4.78 is 5.22. The van der Waals surface area contributed by atoms with Crippen LogP contribution in [0.25, 0.3) is 5.57 Å². The van der Waals surface area contributed by atoms with Crippen LogP contribution in [0.5, 0.6) is 5.75 Å². The normalized spacial score (nSPS) is 25.9. The van der Waals surface area contributed by atoms with E-state index in [4.69, 9.17) is 4.74 Å². The second-order valence-corrected chi connectivity index (χ2v) is 9.39. The van der Waals surface area contributed by atoms with E-state index in [9.17, 15) is 9.59 Å². The fourth-order valence-corrected chi connectivity index (χ4v) is 4.19. The minimum atomic E-state index is -1.09. The van der Waals surface area contributed by atoms with E-state index < -0.39 is 10.8 Å². The summed E-state index contributed by atoms with van der Waals surface area (Å²) in [6.45, 7) is 12.3. The van der Waals surface area contributed by atoms with E-state index in [1.807, 2.05) is 57.2 Å². The maximum absolute atomic E-state index is 13.6. The molecule has 0 amide bonds. The summed E-state index contributed by atoms with van der Waals surface area (Å²) in [5, 5.41) is 0. The molecule has 0 saturated carbocycles. The number of carbonyl (C=O) groups excluding carboxylic acids is 2. The molecule has 0 spiro atoms. The van der Waals surface area contributed by atoms with Gasteiger partial charge in [0.05, 0.1) is 13.0 Å². The van der Waals surface area contributed by atoms with Crippen molar-refractivity contribution < 1.29 is 14.3 Å². The molecule has 2 aliphatic rings. The predicted molar refractivity (Wildman–Crippen MR) is 104 cm³/mol. The van der Waals surface area contributed by atoms with Crippen LogP contribution in [0.1, 0.15) is 47.1 Å². The molecule has 1 aromatic rings. The molecule has 2 aliphatic carbocycles. The van der Waals surface area contributed by atoms with Crippen molar-refractivity contribution >= 4 is 17.1 Å². The smallest absolute Gasteiger partial charge is 0.181 e. The number of carbonyl (C=O) groups is 2. The number of Topliss-reactive ketones (excluding diaryl/α,β-unsaturated/α-hetero) is 2. The van der Waals surface area contributed by atoms with Gasteiger partial charge in [-0.2, -0.15) is 0 Å². The summed E-state index contributed by atoms with van der Waals surface area (Å²) in [5.74, 6) is 0.354. The molecule has 0 fully saturated rings. The highest BCUT2D eigenvalue weighted by molar-refractivity contribution is 6.35. The monoisotopic (exact) mass is 352 g/mol. The molecule has 2 bridgehead atoms. The molecule has 0 aromatic heterocycles. The predicted octanol–water partition coefficient (Wildman–Crippen LogP) is 4.87. The van der Waals surface area contributed by atoms with Crippen molar-refractivity contribution in [1.29, 1.82) is 0 Å². The Morgan fingerprint density at radius 1 is 0.962 bits per heavy atom. The van der Waals surface area contributed by atoms with Gasteiger partial charge in [0.1, 0.15) is 11.2 Å². The van der Waals surface area contributed by atoms with Crippen LogP contribution in [0.3, 0.4) is 0 Å². The van der Waals surface area contributed by atoms with Crippen molar-refractivity contribution in [2.24, 2.45) is 22.2 Å². The topological polar surface area (TPSA) is 43.4 Å². The first-order valence-electron chi connectivity index (χ1n) is 9.12. The van der Waals surface area contributed by atoms with E-state index in [0.29, 0.717) is 5.57 Å². The number of hydrogen-bond acceptors (Lipinski definition) is 3. The fraction of sp³-hybridized carbons (Fsp3) is 0.478. The summed E-state index contributed by atoms with van der Waals surface area (Å²) in [7, 11) is 1.62. The number of ether oxygens (including phenoxy) is 1. The van der Waals surface area contributed by atoms with E-state index in [0.717, 1.165) is 16.9 Å². The number of allylic oxidation sites excluding steroid dienone is 4. The third-order valence-corrected chi connectivity index (χ3v) is 5.76. The number of hydrogen-bond donors (Lipinski definition) is 0. The average molecular weight is 352 g/mol. The summed E-state index contributed by atoms with van der Waals surface area (Å²) in [4.78, 5) is 27.0. The fourth-order valence-electron chi connectivity index (χ4n) is 4.19. The molecular weight excluding hydrogens is 324 g/mol. The summed E-state index contributed by atoms with van der Waals surface area (Å²) in [6.07, 6.45) is 3.86. The largest absolute Gasteiger partial charge is 0.497 e. The van der Waals surface area contributed by atoms with Crippen LogP contribution in [0.4, 0.5) is 0 Å². The molecule has 0 aliphatic heterocycles. The lowest BCUT2D eigenvalue weighted by atomic mass is 9.58. The summed E-state index contributed by atoms with van der Waals surface area (Å²) in [6, 6.07) is 7.49. The maximum Gasteiger partial charge on any atom is 0.181 e. The molecule has 138 valence electrons. The first kappa shape index (κ1) is 18.6. The molecule has 2 unspecified atom stereocenters. The minimum Gasteiger partial charge on any atom is -0.497 e. The van der Waals surface area contributed by atoms with Gasteiger partial charge in [0.2, 0.25) is 0 Å². The van der Waals surface area contributed by atoms with E-state index >= 15 is 0 Å². The van der Waals surface area contributed by atoms with Gasteiger partial charge in [0.25, 0.3) is 0 Å². The Balaban J connectivity index is 2.22. The van der Waals surface area contributed by atoms with Crippen LogP contribution in [0, 0.1) is 22.2 Å². The Morgan fingerprint density at radius 3 is 2.00 bits per heavy atom. The van der Waals surface area contributed by atoms with Gasteiger partial charge in [-0.3, -0.25) is 9.59 Å². The highest BCUT2D eigenvalue weighted by Crippen LogP contribution is 2.58. The molecule has 2 atom stereocenters. The number of fused-ring (bicyclic) bond motifs is 2. The summed E-state index contributed by atoms with van der Waals surface area (Å²) >= 11 is 0. The molecular formula is C23H28O3. The maximum atomic E-state index is 13.6. The highest BCUT2D eigenvalue weighted by Gasteiger charge is 2.62. The second kappa shape index (κ2) is 5.67. The minimum absolute atomic E-state index is 0.0252. The van der Waals surface area contributed by atoms with Gasteiger partial charge in [-0.15, -0.1) is 0 Å². The van der Waals surface area contributed by atoms with Crippen molar-refractivity contribution in [3.05, 3.63) is 47.6 Å². The molecule has 3 rings (SSSR count). The summed E-state index contributed by atoms with van der Waals surface area (Å²) in [5.41, 5.74) is 0.782. The van der Waals surface area contributed by atoms with Crippen molar-refractivity contribution in [3.8, 4) is 5.75 Å². The standard InChI is InChI=1S/C23H28O3/c1-21(2,3)18-13-23(22(4,5)6)19(24)16(12-17(18)20(23)25)14-8-10-15(26-7)11-9-14/h8-13,17H,1-7H3. The van der Waals surface area contributed by atoms with Crippen LogP contribution >= 0.6 is 0 Å². The van der Waals surface area contributed by atoms with Gasteiger partial charge in [-0.1, -0.05) is 71.4 Å². The van der Waals surface area contributed by atoms with E-state index in [2.05, 4.69) is 20.8 Å². The molecule has 3 nitrogen and oxygen atoms in total. The van der Waals surface area contributed by atoms with Crippen molar-refractivity contribution in [2.75, 3.05) is 7.11 Å². The Kier molecular flexibility index (Phi) is 4.06. The lowest BCUT2D eigenvalue weighted by Crippen LogP contribution is -2.49.